The third kappa shape index (κ3) is 4.09. The molecule has 1 heterocycles. The molecule has 0 amide bonds. The molecule has 3 rings (SSSR count). The largest absolute Gasteiger partial charge is 0.261 e. The Hall–Kier alpha value is -2.17. The van der Waals surface area contributed by atoms with Gasteiger partial charge in [-0.3, -0.25) is 4.99 Å². The standard InChI is InChI=1S/C20H20ClN3S/c1-14(2)16-6-4-15(5-7-16)12-23-24-19(13-25-20(24)22-3)17-8-10-18(21)11-9-17/h4-14H,1-3H3. The second kappa shape index (κ2) is 7.81. The van der Waals surface area contributed by atoms with Crippen molar-refractivity contribution in [2.75, 3.05) is 7.05 Å². The van der Waals surface area contributed by atoms with Gasteiger partial charge in [-0.15, -0.1) is 11.3 Å². The summed E-state index contributed by atoms with van der Waals surface area (Å²) in [7, 11) is 1.78. The number of aromatic nitrogens is 1. The molecular weight excluding hydrogens is 350 g/mol. The Morgan fingerprint density at radius 2 is 1.72 bits per heavy atom. The molecule has 25 heavy (non-hydrogen) atoms. The lowest BCUT2D eigenvalue weighted by molar-refractivity contribution is 0.848. The van der Waals surface area contributed by atoms with Crippen LogP contribution in [-0.4, -0.2) is 17.9 Å². The molecule has 2 aromatic carbocycles. The number of thiazole rings is 1. The Morgan fingerprint density at radius 3 is 2.32 bits per heavy atom. The topological polar surface area (TPSA) is 29.6 Å². The number of benzene rings is 2. The molecule has 0 aliphatic heterocycles. The first-order chi connectivity index (χ1) is 12.1. The van der Waals surface area contributed by atoms with Crippen LogP contribution in [0.4, 0.5) is 0 Å². The summed E-state index contributed by atoms with van der Waals surface area (Å²) in [6, 6.07) is 16.2. The summed E-state index contributed by atoms with van der Waals surface area (Å²) in [5.74, 6) is 0.527. The zero-order valence-corrected chi connectivity index (χ0v) is 16.1. The van der Waals surface area contributed by atoms with Crippen LogP contribution in [0.2, 0.25) is 5.02 Å². The lowest BCUT2D eigenvalue weighted by Gasteiger charge is -2.05. The lowest BCUT2D eigenvalue weighted by atomic mass is 10.0. The van der Waals surface area contributed by atoms with Gasteiger partial charge in [-0.05, 0) is 29.2 Å². The molecule has 0 fully saturated rings. The molecular formula is C20H20ClN3S. The molecule has 1 aromatic heterocycles. The van der Waals surface area contributed by atoms with Crippen LogP contribution >= 0.6 is 22.9 Å². The smallest absolute Gasteiger partial charge is 0.205 e. The van der Waals surface area contributed by atoms with Crippen LogP contribution in [0.15, 0.2) is 64.0 Å². The first-order valence-electron chi connectivity index (χ1n) is 8.12. The second-order valence-corrected chi connectivity index (χ2v) is 7.28. The number of hydrogen-bond donors (Lipinski definition) is 0. The van der Waals surface area contributed by atoms with E-state index in [4.69, 9.17) is 11.6 Å². The number of halogens is 1. The van der Waals surface area contributed by atoms with Crippen LogP contribution in [-0.2, 0) is 0 Å². The highest BCUT2D eigenvalue weighted by Crippen LogP contribution is 2.22. The predicted octanol–water partition coefficient (Wildman–Crippen LogP) is 5.41. The fourth-order valence-corrected chi connectivity index (χ4v) is 3.40. The van der Waals surface area contributed by atoms with Crippen LogP contribution in [0.1, 0.15) is 30.9 Å². The van der Waals surface area contributed by atoms with Gasteiger partial charge in [0.05, 0.1) is 11.9 Å². The first kappa shape index (κ1) is 17.6. The molecule has 5 heteroatoms. The van der Waals surface area contributed by atoms with Crippen molar-refractivity contribution in [3.8, 4) is 11.3 Å². The first-order valence-corrected chi connectivity index (χ1v) is 9.38. The van der Waals surface area contributed by atoms with Crippen LogP contribution in [0.5, 0.6) is 0 Å². The minimum atomic E-state index is 0.527. The summed E-state index contributed by atoms with van der Waals surface area (Å²) < 4.78 is 1.87. The van der Waals surface area contributed by atoms with Crippen molar-refractivity contribution >= 4 is 29.2 Å². The summed E-state index contributed by atoms with van der Waals surface area (Å²) in [6.45, 7) is 4.38. The van der Waals surface area contributed by atoms with Gasteiger partial charge in [-0.1, -0.05) is 61.8 Å². The van der Waals surface area contributed by atoms with Crippen molar-refractivity contribution in [3.63, 3.8) is 0 Å². The molecule has 0 bridgehead atoms. The van der Waals surface area contributed by atoms with Crippen molar-refractivity contribution in [2.24, 2.45) is 10.1 Å². The van der Waals surface area contributed by atoms with E-state index in [1.165, 1.54) is 5.56 Å². The van der Waals surface area contributed by atoms with E-state index in [0.717, 1.165) is 26.6 Å². The van der Waals surface area contributed by atoms with E-state index >= 15 is 0 Å². The molecule has 0 saturated heterocycles. The molecule has 3 aromatic rings. The molecule has 0 aliphatic carbocycles. The molecule has 0 N–H and O–H groups in total. The Kier molecular flexibility index (Phi) is 5.51. The average molecular weight is 370 g/mol. The van der Waals surface area contributed by atoms with Gasteiger partial charge in [-0.25, -0.2) is 4.68 Å². The molecule has 128 valence electrons. The van der Waals surface area contributed by atoms with E-state index in [9.17, 15) is 0 Å². The predicted molar refractivity (Wildman–Crippen MR) is 108 cm³/mol. The van der Waals surface area contributed by atoms with Crippen LogP contribution < -0.4 is 4.80 Å². The zero-order chi connectivity index (χ0) is 17.8. The molecule has 0 unspecified atom stereocenters. The number of nitrogens with zero attached hydrogens (tertiary/aromatic N) is 3. The Labute approximate surface area is 157 Å². The van der Waals surface area contributed by atoms with Crippen molar-refractivity contribution < 1.29 is 0 Å². The van der Waals surface area contributed by atoms with Gasteiger partial charge in [0.2, 0.25) is 4.80 Å². The van der Waals surface area contributed by atoms with Gasteiger partial charge < -0.3 is 0 Å². The Balaban J connectivity index is 1.96. The third-order valence-corrected chi connectivity index (χ3v) is 5.10. The lowest BCUT2D eigenvalue weighted by Crippen LogP contribution is -2.11. The van der Waals surface area contributed by atoms with E-state index in [1.807, 2.05) is 35.2 Å². The maximum absolute atomic E-state index is 6.00. The third-order valence-electron chi connectivity index (χ3n) is 3.94. The Bertz CT molecular complexity index is 932. The fourth-order valence-electron chi connectivity index (χ4n) is 2.47. The summed E-state index contributed by atoms with van der Waals surface area (Å²) >= 11 is 7.56. The second-order valence-electron chi connectivity index (χ2n) is 6.01. The number of hydrogen-bond acceptors (Lipinski definition) is 3. The van der Waals surface area contributed by atoms with E-state index in [1.54, 1.807) is 18.4 Å². The minimum absolute atomic E-state index is 0.527. The van der Waals surface area contributed by atoms with Gasteiger partial charge in [0.1, 0.15) is 0 Å². The summed E-state index contributed by atoms with van der Waals surface area (Å²) in [5, 5.41) is 7.44. The molecule has 3 nitrogen and oxygen atoms in total. The highest BCUT2D eigenvalue weighted by Gasteiger charge is 2.07. The van der Waals surface area contributed by atoms with Crippen molar-refractivity contribution in [1.29, 1.82) is 0 Å². The van der Waals surface area contributed by atoms with Gasteiger partial charge in [0.25, 0.3) is 0 Å². The normalized spacial score (nSPS) is 12.4. The average Bonchev–Trinajstić information content (AvgIpc) is 3.04. The summed E-state index contributed by atoms with van der Waals surface area (Å²) in [4.78, 5) is 5.17. The monoisotopic (exact) mass is 369 g/mol. The zero-order valence-electron chi connectivity index (χ0n) is 14.5. The number of rotatable bonds is 4. The van der Waals surface area contributed by atoms with Gasteiger partial charge in [0.15, 0.2) is 0 Å². The quantitative estimate of drug-likeness (QED) is 0.550. The SMILES string of the molecule is CN=c1scc(-c2ccc(Cl)cc2)n1N=Cc1ccc(C(C)C)cc1. The van der Waals surface area contributed by atoms with Crippen LogP contribution in [0.25, 0.3) is 11.3 Å². The van der Waals surface area contributed by atoms with Crippen LogP contribution in [0, 0.1) is 0 Å². The van der Waals surface area contributed by atoms with Gasteiger partial charge in [-0.2, -0.15) is 5.10 Å². The van der Waals surface area contributed by atoms with E-state index in [2.05, 4.69) is 53.6 Å². The fraction of sp³-hybridized carbons (Fsp3) is 0.200. The van der Waals surface area contributed by atoms with Gasteiger partial charge in [0, 0.05) is 23.0 Å². The molecule has 0 aliphatic rings. The van der Waals surface area contributed by atoms with E-state index in [-0.39, 0.29) is 0 Å². The molecule has 0 atom stereocenters. The van der Waals surface area contributed by atoms with Crippen LogP contribution in [0.3, 0.4) is 0 Å². The highest BCUT2D eigenvalue weighted by molar-refractivity contribution is 7.07. The van der Waals surface area contributed by atoms with Crippen molar-refractivity contribution in [1.82, 2.24) is 4.68 Å². The molecule has 0 saturated carbocycles. The van der Waals surface area contributed by atoms with Gasteiger partial charge >= 0.3 is 0 Å². The molecule has 0 radical (unpaired) electrons. The van der Waals surface area contributed by atoms with E-state index in [0.29, 0.717) is 5.92 Å². The maximum atomic E-state index is 6.00. The maximum Gasteiger partial charge on any atom is 0.205 e. The highest BCUT2D eigenvalue weighted by atomic mass is 35.5. The van der Waals surface area contributed by atoms with E-state index < -0.39 is 0 Å². The Morgan fingerprint density at radius 1 is 1.04 bits per heavy atom. The van der Waals surface area contributed by atoms with Crippen molar-refractivity contribution in [2.45, 2.75) is 19.8 Å². The summed E-state index contributed by atoms with van der Waals surface area (Å²) in [6.07, 6.45) is 1.87. The summed E-state index contributed by atoms with van der Waals surface area (Å²) in [5.41, 5.74) is 4.44. The minimum Gasteiger partial charge on any atom is -0.261 e. The molecule has 0 spiro atoms. The van der Waals surface area contributed by atoms with Crippen molar-refractivity contribution in [3.05, 3.63) is 74.9 Å².